The lowest BCUT2D eigenvalue weighted by molar-refractivity contribution is -0.142. The zero-order valence-electron chi connectivity index (χ0n) is 16.2. The molecule has 0 radical (unpaired) electrons. The molecule has 4 rings (SSSR count). The highest BCUT2D eigenvalue weighted by molar-refractivity contribution is 5.93. The van der Waals surface area contributed by atoms with Gasteiger partial charge in [0.2, 0.25) is 11.8 Å². The van der Waals surface area contributed by atoms with Crippen LogP contribution in [0.1, 0.15) is 26.0 Å². The Hall–Kier alpha value is -2.21. The van der Waals surface area contributed by atoms with Gasteiger partial charge in [-0.25, -0.2) is 0 Å². The minimum atomic E-state index is -0.620. The van der Waals surface area contributed by atoms with E-state index in [1.165, 1.54) is 0 Å². The van der Waals surface area contributed by atoms with E-state index in [-0.39, 0.29) is 17.9 Å². The summed E-state index contributed by atoms with van der Waals surface area (Å²) in [5.74, 6) is -0.294. The molecule has 0 aromatic carbocycles. The van der Waals surface area contributed by atoms with Crippen molar-refractivity contribution in [2.75, 3.05) is 20.1 Å². The summed E-state index contributed by atoms with van der Waals surface area (Å²) in [6.45, 7) is 6.02. The van der Waals surface area contributed by atoms with Crippen molar-refractivity contribution in [2.45, 2.75) is 38.5 Å². The van der Waals surface area contributed by atoms with E-state index in [1.807, 2.05) is 35.3 Å². The normalized spacial score (nSPS) is 31.0. The number of amides is 2. The van der Waals surface area contributed by atoms with Crippen LogP contribution in [0.2, 0.25) is 0 Å². The summed E-state index contributed by atoms with van der Waals surface area (Å²) >= 11 is 0. The first kappa shape index (κ1) is 18.2. The average Bonchev–Trinajstić information content (AvgIpc) is 3.28. The number of hydrogen-bond donors (Lipinski definition) is 0. The fraction of sp³-hybridized carbons (Fsp3) is 0.571. The number of ether oxygens (including phenoxy) is 1. The van der Waals surface area contributed by atoms with Crippen LogP contribution in [0.3, 0.4) is 0 Å². The van der Waals surface area contributed by atoms with Gasteiger partial charge >= 0.3 is 0 Å². The molecular weight excluding hydrogens is 342 g/mol. The molecule has 1 spiro atoms. The Bertz CT molecular complexity index is 763. The molecular formula is C21H27N3O3. The molecule has 6 heteroatoms. The Morgan fingerprint density at radius 1 is 1.44 bits per heavy atom. The first-order valence-corrected chi connectivity index (χ1v) is 9.72. The number of pyridine rings is 1. The van der Waals surface area contributed by atoms with Gasteiger partial charge in [-0.15, -0.1) is 0 Å². The van der Waals surface area contributed by atoms with Crippen LogP contribution in [-0.4, -0.2) is 58.4 Å². The minimum absolute atomic E-state index is 0.0408. The van der Waals surface area contributed by atoms with Crippen molar-refractivity contribution in [2.24, 2.45) is 17.8 Å². The topological polar surface area (TPSA) is 62.7 Å². The van der Waals surface area contributed by atoms with E-state index in [0.717, 1.165) is 18.7 Å². The van der Waals surface area contributed by atoms with Gasteiger partial charge in [0.25, 0.3) is 0 Å². The summed E-state index contributed by atoms with van der Waals surface area (Å²) in [6.07, 6.45) is 6.36. The minimum Gasteiger partial charge on any atom is -0.360 e. The van der Waals surface area contributed by atoms with Crippen molar-refractivity contribution in [3.8, 4) is 0 Å². The molecule has 0 aliphatic carbocycles. The van der Waals surface area contributed by atoms with E-state index >= 15 is 0 Å². The number of likely N-dealkylation sites (tertiary alicyclic amines) is 1. The van der Waals surface area contributed by atoms with E-state index in [0.29, 0.717) is 19.0 Å². The predicted molar refractivity (Wildman–Crippen MR) is 100 cm³/mol. The Morgan fingerprint density at radius 2 is 2.26 bits per heavy atom. The molecule has 3 aliphatic rings. The SMILES string of the molecule is CC(C)CCN1C[C@]23C=C[C@H](O2)[C@H](C(=O)N(C)Cc2ccccn2)[C@@H]3C1=O. The molecule has 4 atom stereocenters. The highest BCUT2D eigenvalue weighted by Crippen LogP contribution is 2.52. The van der Waals surface area contributed by atoms with Crippen molar-refractivity contribution in [3.05, 3.63) is 42.2 Å². The maximum atomic E-state index is 13.2. The maximum Gasteiger partial charge on any atom is 0.230 e. The second-order valence-electron chi connectivity index (χ2n) is 8.36. The van der Waals surface area contributed by atoms with Crippen molar-refractivity contribution < 1.29 is 14.3 Å². The van der Waals surface area contributed by atoms with Crippen LogP contribution >= 0.6 is 0 Å². The van der Waals surface area contributed by atoms with Crippen molar-refractivity contribution in [1.29, 1.82) is 0 Å². The number of nitrogens with zero attached hydrogens (tertiary/aromatic N) is 3. The van der Waals surface area contributed by atoms with Gasteiger partial charge in [0.05, 0.1) is 36.7 Å². The molecule has 2 amide bonds. The number of fused-ring (bicyclic) bond motifs is 1. The molecule has 2 saturated heterocycles. The standard InChI is InChI=1S/C21H27N3O3/c1-14(2)8-11-24-13-21-9-7-16(27-21)17(18(21)20(24)26)19(25)23(3)12-15-6-4-5-10-22-15/h4-7,9-10,14,16-18H,8,11-13H2,1-3H3/t16-,17-,18+,21-/m0/s1. The van der Waals surface area contributed by atoms with E-state index in [9.17, 15) is 9.59 Å². The lowest BCUT2D eigenvalue weighted by Gasteiger charge is -2.27. The van der Waals surface area contributed by atoms with Crippen molar-refractivity contribution in [3.63, 3.8) is 0 Å². The second-order valence-corrected chi connectivity index (χ2v) is 8.36. The largest absolute Gasteiger partial charge is 0.360 e. The molecule has 0 unspecified atom stereocenters. The third-order valence-corrected chi connectivity index (χ3v) is 5.94. The summed E-state index contributed by atoms with van der Waals surface area (Å²) in [5.41, 5.74) is 0.212. The molecule has 144 valence electrons. The summed E-state index contributed by atoms with van der Waals surface area (Å²) < 4.78 is 6.19. The summed E-state index contributed by atoms with van der Waals surface area (Å²) in [4.78, 5) is 34.2. The molecule has 3 aliphatic heterocycles. The lowest BCUT2D eigenvalue weighted by Crippen LogP contribution is -2.44. The highest BCUT2D eigenvalue weighted by atomic mass is 16.5. The zero-order valence-corrected chi connectivity index (χ0v) is 16.2. The number of hydrogen-bond acceptors (Lipinski definition) is 4. The highest BCUT2D eigenvalue weighted by Gasteiger charge is 2.66. The Balaban J connectivity index is 1.51. The predicted octanol–water partition coefficient (Wildman–Crippen LogP) is 1.87. The van der Waals surface area contributed by atoms with Gasteiger partial charge in [0.1, 0.15) is 5.60 Å². The molecule has 0 saturated carbocycles. The monoisotopic (exact) mass is 369 g/mol. The summed E-state index contributed by atoms with van der Waals surface area (Å²) in [5, 5.41) is 0. The van der Waals surface area contributed by atoms with Gasteiger partial charge < -0.3 is 14.5 Å². The Morgan fingerprint density at radius 3 is 2.96 bits per heavy atom. The molecule has 1 aromatic heterocycles. The van der Waals surface area contributed by atoms with Crippen LogP contribution in [0, 0.1) is 17.8 Å². The van der Waals surface area contributed by atoms with Crippen LogP contribution in [0.25, 0.3) is 0 Å². The van der Waals surface area contributed by atoms with Crippen LogP contribution in [-0.2, 0) is 20.9 Å². The molecule has 0 N–H and O–H groups in total. The van der Waals surface area contributed by atoms with E-state index in [1.54, 1.807) is 18.1 Å². The third-order valence-electron chi connectivity index (χ3n) is 5.94. The second kappa shape index (κ2) is 6.75. The number of carbonyl (C=O) groups excluding carboxylic acids is 2. The van der Waals surface area contributed by atoms with Crippen LogP contribution < -0.4 is 0 Å². The molecule has 6 nitrogen and oxygen atoms in total. The number of carbonyl (C=O) groups is 2. The molecule has 27 heavy (non-hydrogen) atoms. The van der Waals surface area contributed by atoms with Gasteiger partial charge in [-0.05, 0) is 24.5 Å². The lowest BCUT2D eigenvalue weighted by atomic mass is 9.76. The quantitative estimate of drug-likeness (QED) is 0.718. The summed E-state index contributed by atoms with van der Waals surface area (Å²) in [6, 6.07) is 5.66. The van der Waals surface area contributed by atoms with E-state index < -0.39 is 17.4 Å². The van der Waals surface area contributed by atoms with Crippen LogP contribution in [0.15, 0.2) is 36.5 Å². The summed E-state index contributed by atoms with van der Waals surface area (Å²) in [7, 11) is 1.77. The van der Waals surface area contributed by atoms with Crippen LogP contribution in [0.4, 0.5) is 0 Å². The molecule has 1 aromatic rings. The van der Waals surface area contributed by atoms with E-state index in [4.69, 9.17) is 4.74 Å². The number of aromatic nitrogens is 1. The Labute approximate surface area is 160 Å². The van der Waals surface area contributed by atoms with Gasteiger partial charge in [0.15, 0.2) is 0 Å². The van der Waals surface area contributed by atoms with Crippen LogP contribution in [0.5, 0.6) is 0 Å². The van der Waals surface area contributed by atoms with Gasteiger partial charge in [-0.2, -0.15) is 0 Å². The fourth-order valence-corrected chi connectivity index (χ4v) is 4.53. The number of rotatable bonds is 6. The molecule has 4 heterocycles. The van der Waals surface area contributed by atoms with Crippen molar-refractivity contribution >= 4 is 11.8 Å². The first-order chi connectivity index (χ1) is 12.9. The fourth-order valence-electron chi connectivity index (χ4n) is 4.53. The molecule has 2 fully saturated rings. The first-order valence-electron chi connectivity index (χ1n) is 9.72. The smallest absolute Gasteiger partial charge is 0.230 e. The zero-order chi connectivity index (χ0) is 19.2. The van der Waals surface area contributed by atoms with Gasteiger partial charge in [0, 0.05) is 19.8 Å². The van der Waals surface area contributed by atoms with Gasteiger partial charge in [-0.1, -0.05) is 32.1 Å². The average molecular weight is 369 g/mol. The Kier molecular flexibility index (Phi) is 4.54. The van der Waals surface area contributed by atoms with Crippen molar-refractivity contribution in [1.82, 2.24) is 14.8 Å². The van der Waals surface area contributed by atoms with E-state index in [2.05, 4.69) is 18.8 Å². The maximum absolute atomic E-state index is 13.2. The third kappa shape index (κ3) is 3.06. The molecule has 2 bridgehead atoms. The van der Waals surface area contributed by atoms with Gasteiger partial charge in [-0.3, -0.25) is 14.6 Å².